The quantitative estimate of drug-likeness (QED) is 0.648. The first-order valence-electron chi connectivity index (χ1n) is 6.31. The largest absolute Gasteiger partial charge is 0.478 e. The average molecular weight is 283 g/mol. The standard InChI is InChI=1S/C13H21N3O4/c1-19-6-3-4-16(5-7-20-2)12-8-10(13(17)18)11(14)9-15-12/h8-9H,3-7,14H2,1-2H3,(H,17,18). The molecule has 1 aromatic rings. The number of carboxylic acids is 1. The van der Waals surface area contributed by atoms with E-state index >= 15 is 0 Å². The van der Waals surface area contributed by atoms with Crippen molar-refractivity contribution in [1.82, 2.24) is 4.98 Å². The van der Waals surface area contributed by atoms with Crippen molar-refractivity contribution in [3.8, 4) is 0 Å². The van der Waals surface area contributed by atoms with Gasteiger partial charge in [-0.05, 0) is 12.5 Å². The number of aromatic nitrogens is 1. The first kappa shape index (κ1) is 16.2. The second-order valence-electron chi connectivity index (χ2n) is 4.26. The molecule has 1 heterocycles. The third-order valence-corrected chi connectivity index (χ3v) is 2.82. The zero-order valence-electron chi connectivity index (χ0n) is 11.8. The Morgan fingerprint density at radius 1 is 1.35 bits per heavy atom. The summed E-state index contributed by atoms with van der Waals surface area (Å²) in [5, 5.41) is 9.09. The molecule has 112 valence electrons. The monoisotopic (exact) mass is 283 g/mol. The molecule has 1 rings (SSSR count). The highest BCUT2D eigenvalue weighted by molar-refractivity contribution is 5.94. The molecule has 3 N–H and O–H groups in total. The molecule has 0 amide bonds. The van der Waals surface area contributed by atoms with Gasteiger partial charge in [0.25, 0.3) is 0 Å². The second-order valence-corrected chi connectivity index (χ2v) is 4.26. The highest BCUT2D eigenvalue weighted by Gasteiger charge is 2.14. The van der Waals surface area contributed by atoms with Gasteiger partial charge in [0.15, 0.2) is 0 Å². The van der Waals surface area contributed by atoms with Crippen molar-refractivity contribution in [3.05, 3.63) is 17.8 Å². The summed E-state index contributed by atoms with van der Waals surface area (Å²) in [6.45, 7) is 2.48. The molecule has 0 aromatic carbocycles. The Hall–Kier alpha value is -1.86. The Labute approximate surface area is 118 Å². The van der Waals surface area contributed by atoms with E-state index in [0.29, 0.717) is 32.1 Å². The lowest BCUT2D eigenvalue weighted by atomic mass is 10.2. The number of nitrogens with two attached hydrogens (primary N) is 1. The normalized spacial score (nSPS) is 10.5. The third kappa shape index (κ3) is 4.67. The number of carboxylic acid groups (broad SMARTS) is 1. The van der Waals surface area contributed by atoms with E-state index < -0.39 is 5.97 Å². The Morgan fingerprint density at radius 2 is 2.05 bits per heavy atom. The van der Waals surface area contributed by atoms with Crippen LogP contribution in [0.1, 0.15) is 16.8 Å². The smallest absolute Gasteiger partial charge is 0.337 e. The number of carbonyl (C=O) groups is 1. The van der Waals surface area contributed by atoms with Crippen LogP contribution in [-0.4, -0.2) is 56.6 Å². The predicted octanol–water partition coefficient (Wildman–Crippen LogP) is 0.851. The van der Waals surface area contributed by atoms with E-state index in [1.54, 1.807) is 14.2 Å². The van der Waals surface area contributed by atoms with Crippen LogP contribution < -0.4 is 10.6 Å². The van der Waals surface area contributed by atoms with Gasteiger partial charge in [0.1, 0.15) is 5.82 Å². The number of rotatable bonds is 9. The minimum absolute atomic E-state index is 0.0594. The van der Waals surface area contributed by atoms with Gasteiger partial charge in [0, 0.05) is 33.9 Å². The highest BCUT2D eigenvalue weighted by Crippen LogP contribution is 2.18. The molecule has 0 aliphatic rings. The van der Waals surface area contributed by atoms with Crippen molar-refractivity contribution in [2.45, 2.75) is 6.42 Å². The summed E-state index contributed by atoms with van der Waals surface area (Å²) in [5.41, 5.74) is 5.82. The molecule has 7 heteroatoms. The van der Waals surface area contributed by atoms with Crippen LogP contribution in [0.25, 0.3) is 0 Å². The van der Waals surface area contributed by atoms with E-state index in [4.69, 9.17) is 20.3 Å². The summed E-state index contributed by atoms with van der Waals surface area (Å²) in [6, 6.07) is 1.49. The van der Waals surface area contributed by atoms with Gasteiger partial charge in [-0.15, -0.1) is 0 Å². The van der Waals surface area contributed by atoms with Crippen LogP contribution in [0.3, 0.4) is 0 Å². The van der Waals surface area contributed by atoms with E-state index in [9.17, 15) is 4.79 Å². The fourth-order valence-corrected chi connectivity index (χ4v) is 1.76. The van der Waals surface area contributed by atoms with Gasteiger partial charge in [0.2, 0.25) is 0 Å². The third-order valence-electron chi connectivity index (χ3n) is 2.82. The molecule has 0 bridgehead atoms. The zero-order valence-corrected chi connectivity index (χ0v) is 11.8. The molecule has 0 aliphatic carbocycles. The van der Waals surface area contributed by atoms with E-state index in [-0.39, 0.29) is 11.3 Å². The summed E-state index contributed by atoms with van der Waals surface area (Å²) < 4.78 is 10.1. The number of nitrogens with zero attached hydrogens (tertiary/aromatic N) is 2. The number of anilines is 2. The lowest BCUT2D eigenvalue weighted by Gasteiger charge is -2.23. The van der Waals surface area contributed by atoms with Crippen molar-refractivity contribution >= 4 is 17.5 Å². The Bertz CT molecular complexity index is 440. The maximum Gasteiger partial charge on any atom is 0.337 e. The van der Waals surface area contributed by atoms with Crippen LogP contribution in [0.15, 0.2) is 12.3 Å². The van der Waals surface area contributed by atoms with E-state index in [0.717, 1.165) is 6.42 Å². The van der Waals surface area contributed by atoms with Gasteiger partial charge in [-0.2, -0.15) is 0 Å². The molecule has 0 fully saturated rings. The maximum absolute atomic E-state index is 11.1. The van der Waals surface area contributed by atoms with Crippen LogP contribution in [0, 0.1) is 0 Å². The lowest BCUT2D eigenvalue weighted by molar-refractivity contribution is 0.0698. The molecule has 1 aromatic heterocycles. The number of hydrogen-bond donors (Lipinski definition) is 2. The van der Waals surface area contributed by atoms with Gasteiger partial charge in [-0.3, -0.25) is 0 Å². The summed E-state index contributed by atoms with van der Waals surface area (Å²) in [7, 11) is 3.26. The molecular weight excluding hydrogens is 262 g/mol. The second kappa shape index (κ2) is 8.34. The highest BCUT2D eigenvalue weighted by atomic mass is 16.5. The summed E-state index contributed by atoms with van der Waals surface area (Å²) in [6.07, 6.45) is 2.18. The molecule has 0 radical (unpaired) electrons. The van der Waals surface area contributed by atoms with Crippen LogP contribution in [0.2, 0.25) is 0 Å². The predicted molar refractivity (Wildman–Crippen MR) is 76.2 cm³/mol. The van der Waals surface area contributed by atoms with Gasteiger partial charge in [-0.1, -0.05) is 0 Å². The minimum atomic E-state index is -1.06. The molecule has 0 spiro atoms. The maximum atomic E-state index is 11.1. The zero-order chi connectivity index (χ0) is 15.0. The Morgan fingerprint density at radius 3 is 2.65 bits per heavy atom. The van der Waals surface area contributed by atoms with E-state index in [1.165, 1.54) is 12.3 Å². The van der Waals surface area contributed by atoms with Crippen molar-refractivity contribution in [3.63, 3.8) is 0 Å². The topological polar surface area (TPSA) is 97.9 Å². The number of aromatic carboxylic acids is 1. The van der Waals surface area contributed by atoms with Crippen LogP contribution in [0.4, 0.5) is 11.5 Å². The number of nitrogen functional groups attached to an aromatic ring is 1. The van der Waals surface area contributed by atoms with Crippen molar-refractivity contribution in [2.24, 2.45) is 0 Å². The van der Waals surface area contributed by atoms with Crippen molar-refractivity contribution < 1.29 is 19.4 Å². The number of methoxy groups -OCH3 is 2. The lowest BCUT2D eigenvalue weighted by Crippen LogP contribution is -2.30. The number of hydrogen-bond acceptors (Lipinski definition) is 6. The van der Waals surface area contributed by atoms with Crippen LogP contribution >= 0.6 is 0 Å². The molecule has 0 saturated carbocycles. The minimum Gasteiger partial charge on any atom is -0.478 e. The van der Waals surface area contributed by atoms with Crippen molar-refractivity contribution in [1.29, 1.82) is 0 Å². The van der Waals surface area contributed by atoms with Crippen LogP contribution in [0.5, 0.6) is 0 Å². The Balaban J connectivity index is 2.88. The van der Waals surface area contributed by atoms with Crippen LogP contribution in [-0.2, 0) is 9.47 Å². The first-order valence-corrected chi connectivity index (χ1v) is 6.31. The summed E-state index contributed by atoms with van der Waals surface area (Å²) >= 11 is 0. The molecule has 20 heavy (non-hydrogen) atoms. The first-order chi connectivity index (χ1) is 9.60. The average Bonchev–Trinajstić information content (AvgIpc) is 2.43. The molecule has 0 atom stereocenters. The van der Waals surface area contributed by atoms with Gasteiger partial charge < -0.3 is 25.2 Å². The SMILES string of the molecule is COCCCN(CCOC)c1cc(C(=O)O)c(N)cn1. The molecule has 7 nitrogen and oxygen atoms in total. The fourth-order valence-electron chi connectivity index (χ4n) is 1.76. The van der Waals surface area contributed by atoms with E-state index in [2.05, 4.69) is 4.98 Å². The number of ether oxygens (including phenoxy) is 2. The van der Waals surface area contributed by atoms with Gasteiger partial charge in [-0.25, -0.2) is 9.78 Å². The summed E-state index contributed by atoms with van der Waals surface area (Å²) in [5.74, 6) is -0.487. The molecule has 0 saturated heterocycles. The molecule has 0 aliphatic heterocycles. The summed E-state index contributed by atoms with van der Waals surface area (Å²) in [4.78, 5) is 17.2. The van der Waals surface area contributed by atoms with E-state index in [1.807, 2.05) is 4.90 Å². The van der Waals surface area contributed by atoms with Crippen molar-refractivity contribution in [2.75, 3.05) is 51.2 Å². The fraction of sp³-hybridized carbons (Fsp3) is 0.538. The Kier molecular flexibility index (Phi) is 6.75. The van der Waals surface area contributed by atoms with Gasteiger partial charge in [0.05, 0.1) is 24.1 Å². The molecule has 0 unspecified atom stereocenters. The number of pyridine rings is 1. The van der Waals surface area contributed by atoms with Gasteiger partial charge >= 0.3 is 5.97 Å². The molecular formula is C13H21N3O4.